The number of nitrogens with zero attached hydrogens (tertiary/aromatic N) is 1. The van der Waals surface area contributed by atoms with Gasteiger partial charge in [0, 0.05) is 49.4 Å². The van der Waals surface area contributed by atoms with Crippen LogP contribution in [-0.4, -0.2) is 40.6 Å². The molecule has 3 rings (SSSR count). The van der Waals surface area contributed by atoms with E-state index in [0.29, 0.717) is 6.54 Å². The van der Waals surface area contributed by atoms with Crippen LogP contribution in [0.5, 0.6) is 0 Å². The maximum absolute atomic E-state index is 11.1. The average molecular weight is 378 g/mol. The highest BCUT2D eigenvalue weighted by molar-refractivity contribution is 5.90. The zero-order valence-electron chi connectivity index (χ0n) is 15.8. The van der Waals surface area contributed by atoms with E-state index in [1.807, 2.05) is 30.3 Å². The number of carbonyl (C=O) groups excluding carboxylic acids is 1. The maximum Gasteiger partial charge on any atom is 0.267 e. The number of rotatable bonds is 9. The Balaban J connectivity index is 1.61. The van der Waals surface area contributed by atoms with Crippen molar-refractivity contribution >= 4 is 22.9 Å². The lowest BCUT2D eigenvalue weighted by Gasteiger charge is -2.21. The van der Waals surface area contributed by atoms with Gasteiger partial charge in [-0.1, -0.05) is 42.5 Å². The number of hydrogen-bond acceptors (Lipinski definition) is 4. The zero-order valence-corrected chi connectivity index (χ0v) is 15.8. The molecule has 0 aliphatic carbocycles. The van der Waals surface area contributed by atoms with Gasteiger partial charge in [-0.15, -0.1) is 0 Å². The van der Waals surface area contributed by atoms with E-state index in [-0.39, 0.29) is 0 Å². The van der Waals surface area contributed by atoms with E-state index in [0.717, 1.165) is 31.6 Å². The van der Waals surface area contributed by atoms with Crippen LogP contribution in [0.3, 0.4) is 0 Å². The second-order valence-corrected chi connectivity index (χ2v) is 6.73. The lowest BCUT2D eigenvalue weighted by Crippen LogP contribution is -2.31. The van der Waals surface area contributed by atoms with Gasteiger partial charge >= 0.3 is 0 Å². The number of para-hydroxylation sites is 1. The Bertz CT molecular complexity index is 931. The fourth-order valence-corrected chi connectivity index (χ4v) is 3.27. The number of nitrogens with one attached hydrogen (secondary N) is 2. The smallest absolute Gasteiger partial charge is 0.267 e. The zero-order chi connectivity index (χ0) is 19.8. The predicted octanol–water partition coefficient (Wildman–Crippen LogP) is 2.69. The molecule has 0 aliphatic heterocycles. The minimum Gasteiger partial charge on any atom is -0.361 e. The standard InChI is InChI=1S/C22H26N4O2/c23-12-14-26(13-11-19-15-24-21-4-2-1-3-20(19)21)16-18-7-5-17(6-8-18)9-10-22(27)25-28/h1-10,15,24,28H,11-14,16,23H2,(H,25,27)/b10-9+. The molecule has 0 unspecified atom stereocenters. The number of aromatic nitrogens is 1. The highest BCUT2D eigenvalue weighted by Gasteiger charge is 2.08. The first kappa shape index (κ1) is 19.8. The van der Waals surface area contributed by atoms with Crippen LogP contribution < -0.4 is 11.2 Å². The van der Waals surface area contributed by atoms with Crippen molar-refractivity contribution in [3.8, 4) is 0 Å². The van der Waals surface area contributed by atoms with Gasteiger partial charge in [0.15, 0.2) is 0 Å². The minimum absolute atomic E-state index is 0.546. The van der Waals surface area contributed by atoms with Crippen LogP contribution >= 0.6 is 0 Å². The van der Waals surface area contributed by atoms with Gasteiger partial charge in [-0.3, -0.25) is 14.9 Å². The van der Waals surface area contributed by atoms with Gasteiger partial charge in [-0.25, -0.2) is 5.48 Å². The summed E-state index contributed by atoms with van der Waals surface area (Å²) in [6.45, 7) is 3.20. The van der Waals surface area contributed by atoms with Crippen molar-refractivity contribution in [2.45, 2.75) is 13.0 Å². The summed E-state index contributed by atoms with van der Waals surface area (Å²) in [5, 5.41) is 9.79. The second kappa shape index (κ2) is 9.85. The number of nitrogens with two attached hydrogens (primary N) is 1. The Morgan fingerprint density at radius 2 is 1.93 bits per heavy atom. The molecule has 28 heavy (non-hydrogen) atoms. The van der Waals surface area contributed by atoms with E-state index in [1.54, 1.807) is 11.6 Å². The van der Waals surface area contributed by atoms with Crippen LogP contribution in [0, 0.1) is 0 Å². The van der Waals surface area contributed by atoms with Gasteiger partial charge in [-0.05, 0) is 35.3 Å². The highest BCUT2D eigenvalue weighted by atomic mass is 16.5. The topological polar surface area (TPSA) is 94.4 Å². The van der Waals surface area contributed by atoms with E-state index < -0.39 is 5.91 Å². The molecule has 0 saturated heterocycles. The normalized spacial score (nSPS) is 11.5. The van der Waals surface area contributed by atoms with Crippen molar-refractivity contribution in [2.24, 2.45) is 5.73 Å². The summed E-state index contributed by atoms with van der Waals surface area (Å²) in [6, 6.07) is 16.4. The Morgan fingerprint density at radius 3 is 2.68 bits per heavy atom. The molecule has 6 nitrogen and oxygen atoms in total. The number of H-pyrrole nitrogens is 1. The number of aromatic amines is 1. The molecule has 2 aromatic carbocycles. The van der Waals surface area contributed by atoms with Crippen LogP contribution in [0.1, 0.15) is 16.7 Å². The molecular formula is C22H26N4O2. The molecule has 0 saturated carbocycles. The minimum atomic E-state index is -0.546. The highest BCUT2D eigenvalue weighted by Crippen LogP contribution is 2.18. The Hall–Kier alpha value is -2.93. The third kappa shape index (κ3) is 5.29. The summed E-state index contributed by atoms with van der Waals surface area (Å²) >= 11 is 0. The third-order valence-corrected chi connectivity index (χ3v) is 4.74. The van der Waals surface area contributed by atoms with Gasteiger partial charge in [0.2, 0.25) is 0 Å². The van der Waals surface area contributed by atoms with Crippen LogP contribution in [0.15, 0.2) is 60.8 Å². The maximum atomic E-state index is 11.1. The lowest BCUT2D eigenvalue weighted by atomic mass is 10.1. The van der Waals surface area contributed by atoms with E-state index in [1.165, 1.54) is 28.1 Å². The number of amides is 1. The van der Waals surface area contributed by atoms with Crippen molar-refractivity contribution in [3.05, 3.63) is 77.5 Å². The fourth-order valence-electron chi connectivity index (χ4n) is 3.27. The molecule has 1 heterocycles. The second-order valence-electron chi connectivity index (χ2n) is 6.73. The molecular weight excluding hydrogens is 352 g/mol. The molecule has 6 heteroatoms. The summed E-state index contributed by atoms with van der Waals surface area (Å²) in [5.41, 5.74) is 12.0. The van der Waals surface area contributed by atoms with E-state index >= 15 is 0 Å². The summed E-state index contributed by atoms with van der Waals surface area (Å²) < 4.78 is 0. The number of hydrogen-bond donors (Lipinski definition) is 4. The summed E-state index contributed by atoms with van der Waals surface area (Å²) in [6.07, 6.45) is 6.00. The lowest BCUT2D eigenvalue weighted by molar-refractivity contribution is -0.124. The van der Waals surface area contributed by atoms with Crippen LogP contribution in [0.25, 0.3) is 17.0 Å². The quantitative estimate of drug-likeness (QED) is 0.262. The predicted molar refractivity (Wildman–Crippen MR) is 112 cm³/mol. The molecule has 1 aromatic heterocycles. The van der Waals surface area contributed by atoms with Crippen molar-refractivity contribution < 1.29 is 10.0 Å². The van der Waals surface area contributed by atoms with Crippen LogP contribution in [0.2, 0.25) is 0 Å². The van der Waals surface area contributed by atoms with Crippen LogP contribution in [0.4, 0.5) is 0 Å². The van der Waals surface area contributed by atoms with Crippen molar-refractivity contribution in [3.63, 3.8) is 0 Å². The first-order valence-electron chi connectivity index (χ1n) is 9.38. The van der Waals surface area contributed by atoms with Gasteiger partial charge in [0.1, 0.15) is 0 Å². The van der Waals surface area contributed by atoms with E-state index in [9.17, 15) is 4.79 Å². The molecule has 146 valence electrons. The van der Waals surface area contributed by atoms with Gasteiger partial charge in [0.05, 0.1) is 0 Å². The first-order valence-corrected chi connectivity index (χ1v) is 9.38. The number of carbonyl (C=O) groups is 1. The third-order valence-electron chi connectivity index (χ3n) is 4.74. The molecule has 3 aromatic rings. The Labute approximate surface area is 164 Å². The largest absolute Gasteiger partial charge is 0.361 e. The van der Waals surface area contributed by atoms with Crippen molar-refractivity contribution in [1.29, 1.82) is 0 Å². The summed E-state index contributed by atoms with van der Waals surface area (Å²) in [4.78, 5) is 16.7. The Kier molecular flexibility index (Phi) is 6.97. The van der Waals surface area contributed by atoms with Crippen LogP contribution in [-0.2, 0) is 17.8 Å². The van der Waals surface area contributed by atoms with Gasteiger partial charge in [-0.2, -0.15) is 0 Å². The van der Waals surface area contributed by atoms with Crippen molar-refractivity contribution in [2.75, 3.05) is 19.6 Å². The monoisotopic (exact) mass is 378 g/mol. The van der Waals surface area contributed by atoms with Gasteiger partial charge < -0.3 is 10.7 Å². The SMILES string of the molecule is NCCN(CCc1c[nH]c2ccccc12)Cc1ccc(/C=C/C(=O)NO)cc1. The molecule has 5 N–H and O–H groups in total. The number of hydroxylamine groups is 1. The molecule has 0 radical (unpaired) electrons. The average Bonchev–Trinajstić information content (AvgIpc) is 3.14. The molecule has 1 amide bonds. The molecule has 0 aliphatic rings. The fraction of sp³-hybridized carbons (Fsp3) is 0.227. The van der Waals surface area contributed by atoms with Crippen molar-refractivity contribution in [1.82, 2.24) is 15.4 Å². The van der Waals surface area contributed by atoms with Gasteiger partial charge in [0.25, 0.3) is 5.91 Å². The number of benzene rings is 2. The van der Waals surface area contributed by atoms with E-state index in [2.05, 4.69) is 34.3 Å². The summed E-state index contributed by atoms with van der Waals surface area (Å²) in [5.74, 6) is -0.546. The molecule has 0 spiro atoms. The summed E-state index contributed by atoms with van der Waals surface area (Å²) in [7, 11) is 0. The van der Waals surface area contributed by atoms with E-state index in [4.69, 9.17) is 10.9 Å². The number of fused-ring (bicyclic) bond motifs is 1. The molecule has 0 bridgehead atoms. The first-order chi connectivity index (χ1) is 13.7. The molecule has 0 atom stereocenters. The Morgan fingerprint density at radius 1 is 1.14 bits per heavy atom. The molecule has 0 fully saturated rings.